The van der Waals surface area contributed by atoms with Crippen molar-refractivity contribution in [3.8, 4) is 12.1 Å². The second kappa shape index (κ2) is 5.22. The Kier molecular flexibility index (Phi) is 3.36. The van der Waals surface area contributed by atoms with Crippen LogP contribution in [0.25, 0.3) is 10.9 Å². The van der Waals surface area contributed by atoms with Crippen molar-refractivity contribution in [2.45, 2.75) is 19.8 Å². The fourth-order valence-corrected chi connectivity index (χ4v) is 2.99. The maximum Gasteiger partial charge on any atom is 0.132 e. The molecule has 0 bridgehead atoms. The van der Waals surface area contributed by atoms with E-state index in [4.69, 9.17) is 11.6 Å². The van der Waals surface area contributed by atoms with Gasteiger partial charge in [0.2, 0.25) is 0 Å². The molecule has 0 saturated heterocycles. The number of rotatable bonds is 1. The molecule has 0 amide bonds. The van der Waals surface area contributed by atoms with Crippen molar-refractivity contribution in [3.05, 3.63) is 51.5 Å². The number of nitrogens with zero attached hydrogens (tertiary/aromatic N) is 3. The van der Waals surface area contributed by atoms with Gasteiger partial charge in [0.25, 0.3) is 0 Å². The van der Waals surface area contributed by atoms with Crippen LogP contribution in [0, 0.1) is 22.7 Å². The van der Waals surface area contributed by atoms with Crippen molar-refractivity contribution in [2.24, 2.45) is 0 Å². The predicted molar refractivity (Wildman–Crippen MR) is 83.6 cm³/mol. The molecule has 2 N–H and O–H groups in total. The Bertz CT molecular complexity index is 884. The lowest BCUT2D eigenvalue weighted by Crippen LogP contribution is -2.23. The molecule has 0 spiro atoms. The highest BCUT2D eigenvalue weighted by molar-refractivity contribution is 6.34. The van der Waals surface area contributed by atoms with Gasteiger partial charge in [-0.2, -0.15) is 15.6 Å². The summed E-state index contributed by atoms with van der Waals surface area (Å²) in [5, 5.41) is 30.1. The minimum absolute atomic E-state index is 0.383. The number of allylic oxidation sites excluding steroid dienone is 4. The van der Waals surface area contributed by atoms with Crippen molar-refractivity contribution in [1.29, 1.82) is 10.5 Å². The first-order chi connectivity index (χ1) is 10.6. The lowest BCUT2D eigenvalue weighted by molar-refractivity contribution is 0.815. The molecular formula is C16H12ClN5. The van der Waals surface area contributed by atoms with Gasteiger partial charge in [-0.15, -0.1) is 0 Å². The Hall–Kier alpha value is -2.76. The SMILES string of the molecule is CC1=C(C#N)C(c2ccc3n[nH]c(Cl)c3c2)C(C#N)=C(C)N1. The van der Waals surface area contributed by atoms with Gasteiger partial charge in [0.1, 0.15) is 5.15 Å². The standard InChI is InChI=1S/C16H12ClN5/c1-8-12(6-18)15(13(7-19)9(2)20-8)10-3-4-14-11(5-10)16(17)22-21-14/h3-5,15,20H,1-2H3,(H,21,22). The van der Waals surface area contributed by atoms with Crippen LogP contribution in [0.15, 0.2) is 40.7 Å². The van der Waals surface area contributed by atoms with Crippen LogP contribution >= 0.6 is 11.6 Å². The van der Waals surface area contributed by atoms with E-state index in [1.54, 1.807) is 0 Å². The fraction of sp³-hybridized carbons (Fsp3) is 0.188. The van der Waals surface area contributed by atoms with E-state index in [0.29, 0.717) is 16.3 Å². The van der Waals surface area contributed by atoms with Gasteiger partial charge < -0.3 is 5.32 Å². The van der Waals surface area contributed by atoms with E-state index in [1.807, 2.05) is 32.0 Å². The molecule has 1 aromatic heterocycles. The van der Waals surface area contributed by atoms with Crippen LogP contribution in [-0.4, -0.2) is 10.2 Å². The third-order valence-electron chi connectivity index (χ3n) is 3.87. The summed E-state index contributed by atoms with van der Waals surface area (Å²) in [6.07, 6.45) is 0. The highest BCUT2D eigenvalue weighted by atomic mass is 35.5. The molecule has 2 aromatic rings. The summed E-state index contributed by atoms with van der Waals surface area (Å²) < 4.78 is 0. The molecule has 6 heteroatoms. The minimum atomic E-state index is -0.383. The molecule has 3 rings (SSSR count). The first kappa shape index (κ1) is 14.2. The topological polar surface area (TPSA) is 88.3 Å². The first-order valence-corrected chi connectivity index (χ1v) is 7.07. The maximum atomic E-state index is 9.50. The number of aromatic amines is 1. The van der Waals surface area contributed by atoms with E-state index < -0.39 is 0 Å². The smallest absolute Gasteiger partial charge is 0.132 e. The number of aromatic nitrogens is 2. The Morgan fingerprint density at radius 3 is 2.36 bits per heavy atom. The van der Waals surface area contributed by atoms with Crippen molar-refractivity contribution in [1.82, 2.24) is 15.5 Å². The molecule has 1 aliphatic rings. The Morgan fingerprint density at radius 1 is 1.14 bits per heavy atom. The average Bonchev–Trinajstić information content (AvgIpc) is 2.87. The van der Waals surface area contributed by atoms with Crippen molar-refractivity contribution >= 4 is 22.5 Å². The summed E-state index contributed by atoms with van der Waals surface area (Å²) in [6, 6.07) is 10.0. The largest absolute Gasteiger partial charge is 0.361 e. The molecule has 0 aliphatic carbocycles. The summed E-state index contributed by atoms with van der Waals surface area (Å²) in [5.74, 6) is -0.383. The van der Waals surface area contributed by atoms with Crippen LogP contribution in [0.4, 0.5) is 0 Å². The zero-order valence-electron chi connectivity index (χ0n) is 12.0. The number of halogens is 1. The fourth-order valence-electron chi connectivity index (χ4n) is 2.80. The number of H-pyrrole nitrogens is 1. The molecule has 0 unspecified atom stereocenters. The molecule has 2 heterocycles. The molecule has 108 valence electrons. The normalized spacial score (nSPS) is 15.7. The van der Waals surface area contributed by atoms with E-state index in [1.165, 1.54) is 0 Å². The summed E-state index contributed by atoms with van der Waals surface area (Å²) >= 11 is 6.10. The minimum Gasteiger partial charge on any atom is -0.361 e. The van der Waals surface area contributed by atoms with E-state index >= 15 is 0 Å². The monoisotopic (exact) mass is 309 g/mol. The van der Waals surface area contributed by atoms with Gasteiger partial charge in [-0.1, -0.05) is 17.7 Å². The van der Waals surface area contributed by atoms with Gasteiger partial charge in [0.15, 0.2) is 0 Å². The summed E-state index contributed by atoms with van der Waals surface area (Å²) in [7, 11) is 0. The van der Waals surface area contributed by atoms with Gasteiger partial charge in [-0.25, -0.2) is 0 Å². The average molecular weight is 310 g/mol. The van der Waals surface area contributed by atoms with E-state index in [-0.39, 0.29) is 5.92 Å². The molecule has 0 atom stereocenters. The predicted octanol–water partition coefficient (Wildman–Crippen LogP) is 3.50. The summed E-state index contributed by atoms with van der Waals surface area (Å²) in [6.45, 7) is 3.68. The number of nitrogens with one attached hydrogen (secondary N) is 2. The Morgan fingerprint density at radius 2 is 1.77 bits per heavy atom. The van der Waals surface area contributed by atoms with E-state index in [9.17, 15) is 10.5 Å². The van der Waals surface area contributed by atoms with Crippen LogP contribution in [0.5, 0.6) is 0 Å². The zero-order chi connectivity index (χ0) is 15.9. The highest BCUT2D eigenvalue weighted by Gasteiger charge is 2.29. The molecular weight excluding hydrogens is 298 g/mol. The van der Waals surface area contributed by atoms with Gasteiger partial charge in [-0.05, 0) is 31.5 Å². The molecule has 0 saturated carbocycles. The van der Waals surface area contributed by atoms with Gasteiger partial charge in [0, 0.05) is 16.8 Å². The van der Waals surface area contributed by atoms with E-state index in [0.717, 1.165) is 27.9 Å². The number of benzene rings is 1. The highest BCUT2D eigenvalue weighted by Crippen LogP contribution is 2.38. The second-order valence-corrected chi connectivity index (χ2v) is 5.55. The van der Waals surface area contributed by atoms with Crippen molar-refractivity contribution in [3.63, 3.8) is 0 Å². The van der Waals surface area contributed by atoms with Gasteiger partial charge in [-0.3, -0.25) is 5.10 Å². The summed E-state index contributed by atoms with van der Waals surface area (Å²) in [4.78, 5) is 0. The third-order valence-corrected chi connectivity index (χ3v) is 4.15. The Labute approximate surface area is 132 Å². The lowest BCUT2D eigenvalue weighted by atomic mass is 9.81. The first-order valence-electron chi connectivity index (χ1n) is 6.69. The number of fused-ring (bicyclic) bond motifs is 1. The molecule has 5 nitrogen and oxygen atoms in total. The zero-order valence-corrected chi connectivity index (χ0v) is 12.8. The molecule has 22 heavy (non-hydrogen) atoms. The lowest BCUT2D eigenvalue weighted by Gasteiger charge is -2.26. The molecule has 1 aromatic carbocycles. The second-order valence-electron chi connectivity index (χ2n) is 5.17. The molecule has 0 radical (unpaired) electrons. The van der Waals surface area contributed by atoms with E-state index in [2.05, 4.69) is 27.7 Å². The van der Waals surface area contributed by atoms with Crippen LogP contribution < -0.4 is 5.32 Å². The van der Waals surface area contributed by atoms with Crippen LogP contribution in [-0.2, 0) is 0 Å². The summed E-state index contributed by atoms with van der Waals surface area (Å²) in [5.41, 5.74) is 4.22. The van der Waals surface area contributed by atoms with Crippen molar-refractivity contribution in [2.75, 3.05) is 0 Å². The van der Waals surface area contributed by atoms with Gasteiger partial charge >= 0.3 is 0 Å². The molecule has 1 aliphatic heterocycles. The third kappa shape index (κ3) is 2.04. The van der Waals surface area contributed by atoms with Crippen LogP contribution in [0.1, 0.15) is 25.3 Å². The van der Waals surface area contributed by atoms with Gasteiger partial charge in [0.05, 0.1) is 34.7 Å². The number of nitriles is 2. The number of dihydropyridines is 1. The van der Waals surface area contributed by atoms with Crippen molar-refractivity contribution < 1.29 is 0 Å². The van der Waals surface area contributed by atoms with Crippen LogP contribution in [0.2, 0.25) is 5.15 Å². The number of hydrogen-bond acceptors (Lipinski definition) is 4. The maximum absolute atomic E-state index is 9.50. The quantitative estimate of drug-likeness (QED) is 0.843. The molecule has 0 fully saturated rings. The Balaban J connectivity index is 2.25. The van der Waals surface area contributed by atoms with Crippen LogP contribution in [0.3, 0.4) is 0 Å². The number of hydrogen-bond donors (Lipinski definition) is 2.